The van der Waals surface area contributed by atoms with Gasteiger partial charge in [-0.2, -0.15) is 9.67 Å². The summed E-state index contributed by atoms with van der Waals surface area (Å²) in [5.41, 5.74) is 1.58. The van der Waals surface area contributed by atoms with Crippen LogP contribution in [0.1, 0.15) is 51.4 Å². The quantitative estimate of drug-likeness (QED) is 0.0657. The normalized spacial score (nSPS) is 18.9. The van der Waals surface area contributed by atoms with Gasteiger partial charge in [-0.1, -0.05) is 30.5 Å². The Hall–Kier alpha value is -4.63. The molecule has 326 valence electrons. The molecule has 3 aromatic carbocycles. The Kier molecular flexibility index (Phi) is 16.9. The van der Waals surface area contributed by atoms with Crippen molar-refractivity contribution >= 4 is 34.7 Å². The Balaban J connectivity index is 0.00000363. The van der Waals surface area contributed by atoms with Crippen LogP contribution in [0.5, 0.6) is 5.75 Å². The predicted octanol–water partition coefficient (Wildman–Crippen LogP) is 1.79. The van der Waals surface area contributed by atoms with Gasteiger partial charge in [-0.05, 0) is 74.4 Å². The Labute approximate surface area is 384 Å². The zero-order valence-electron chi connectivity index (χ0n) is 35.0. The fourth-order valence-corrected chi connectivity index (χ4v) is 8.24. The summed E-state index contributed by atoms with van der Waals surface area (Å²) in [5.74, 6) is -0.994. The fraction of sp³-hybridized carbons (Fsp3) is 0.429. The number of rotatable bonds is 16. The first-order valence-corrected chi connectivity index (χ1v) is 20.8. The molecule has 0 spiro atoms. The van der Waals surface area contributed by atoms with E-state index in [1.54, 1.807) is 35.7 Å². The molecule has 0 radical (unpaired) electrons. The van der Waals surface area contributed by atoms with E-state index in [9.17, 15) is 23.9 Å². The molecule has 1 unspecified atom stereocenters. The molecule has 62 heavy (non-hydrogen) atoms. The Morgan fingerprint density at radius 3 is 2.27 bits per heavy atom. The van der Waals surface area contributed by atoms with E-state index in [-0.39, 0.29) is 77.2 Å². The van der Waals surface area contributed by atoms with E-state index in [0.29, 0.717) is 42.6 Å². The second-order valence-corrected chi connectivity index (χ2v) is 15.9. The first-order chi connectivity index (χ1) is 29.0. The van der Waals surface area contributed by atoms with E-state index in [2.05, 4.69) is 20.0 Å². The summed E-state index contributed by atoms with van der Waals surface area (Å²) < 4.78 is 53.2. The second-order valence-electron chi connectivity index (χ2n) is 15.0. The minimum Gasteiger partial charge on any atom is -0.870 e. The molecule has 2 aliphatic rings. The van der Waals surface area contributed by atoms with Gasteiger partial charge in [0.15, 0.2) is 0 Å². The second kappa shape index (κ2) is 21.6. The smallest absolute Gasteiger partial charge is 0.870 e. The number of hydrogen-bond acceptors (Lipinski definition) is 13. The number of aromatic nitrogens is 6. The molecular formula is C42H49F2N8NaO8S. The number of ether oxygens (including phenoxy) is 3. The van der Waals surface area contributed by atoms with E-state index in [0.717, 1.165) is 43.6 Å². The standard InChI is InChI=1S/C42H48F2N8O7S.Na.H2O/c1-4-39(29(2)54)52-40(55)51(27-46-52)35-8-6-33(7-9-35)47-15-17-48(18-16-47)34-10-12-36(13-11-34)57-23-31-22-42(58-24-31,37-14-5-32(43)21-38(37)44)25-50-28-49(26-45-50)30(3)59-41(56)60-20-19-53;;/h5-14,21,26-31,39,54H,4,15-18,20,22-25H2,1-3H3;;1H2/q;+1;/p-1/t29-,30?,31+,39-,42-;;/m0../s1. The van der Waals surface area contributed by atoms with Gasteiger partial charge >= 0.3 is 40.5 Å². The summed E-state index contributed by atoms with van der Waals surface area (Å²) in [6.07, 6.45) is 5.74. The predicted molar refractivity (Wildman–Crippen MR) is 221 cm³/mol. The SMILES string of the molecule is CC[C@@H]([C@H](C)O)n1ncn(-c2ccc(N3CCN(c4ccc(OC[C@@H]5CO[C@@](Cn6c[n+](C(C)OC(=O)SC[C-]=O)cn6)(c6ccc(F)cc6F)C5)cc4)CC3)cc2)c1=O.[Na+].[OH-]. The third kappa shape index (κ3) is 11.1. The molecule has 7 rings (SSSR count). The van der Waals surface area contributed by atoms with Crippen LogP contribution in [-0.2, 0) is 26.4 Å². The molecule has 0 amide bonds. The van der Waals surface area contributed by atoms with Crippen molar-refractivity contribution in [3.05, 3.63) is 113 Å². The van der Waals surface area contributed by atoms with Crippen LogP contribution >= 0.6 is 11.8 Å². The van der Waals surface area contributed by atoms with Gasteiger partial charge < -0.3 is 39.4 Å². The van der Waals surface area contributed by atoms with Crippen molar-refractivity contribution in [2.24, 2.45) is 5.92 Å². The van der Waals surface area contributed by atoms with Crippen molar-refractivity contribution in [2.45, 2.75) is 64.1 Å². The van der Waals surface area contributed by atoms with Crippen LogP contribution in [-0.4, -0.2) is 97.5 Å². The molecule has 5 aromatic rings. The fourth-order valence-electron chi connectivity index (χ4n) is 7.86. The molecule has 2 aromatic heterocycles. The largest absolute Gasteiger partial charge is 1.00 e. The summed E-state index contributed by atoms with van der Waals surface area (Å²) in [6.45, 7) is 9.15. The molecule has 16 nitrogen and oxygen atoms in total. The summed E-state index contributed by atoms with van der Waals surface area (Å²) in [4.78, 5) is 40.1. The van der Waals surface area contributed by atoms with Crippen molar-refractivity contribution in [1.29, 1.82) is 0 Å². The van der Waals surface area contributed by atoms with E-state index in [4.69, 9.17) is 14.2 Å². The molecule has 0 aliphatic carbocycles. The number of aliphatic hydroxyl groups excluding tert-OH is 1. The summed E-state index contributed by atoms with van der Waals surface area (Å²) in [6, 6.07) is 18.8. The maximum absolute atomic E-state index is 15.3. The molecule has 20 heteroatoms. The molecule has 2 fully saturated rings. The Morgan fingerprint density at radius 2 is 1.66 bits per heavy atom. The monoisotopic (exact) mass is 886 g/mol. The van der Waals surface area contributed by atoms with Gasteiger partial charge in [-0.25, -0.2) is 27.6 Å². The Bertz CT molecular complexity index is 2310. The minimum atomic E-state index is -1.18. The molecule has 0 bridgehead atoms. The summed E-state index contributed by atoms with van der Waals surface area (Å²) in [5, 5.41) is 18.1. The van der Waals surface area contributed by atoms with Crippen LogP contribution in [0, 0.1) is 17.6 Å². The molecule has 4 heterocycles. The third-order valence-corrected chi connectivity index (χ3v) is 11.6. The number of benzene rings is 3. The number of aliphatic hydroxyl groups is 1. The van der Waals surface area contributed by atoms with Gasteiger partial charge in [-0.3, -0.25) is 6.29 Å². The van der Waals surface area contributed by atoms with Crippen molar-refractivity contribution in [3.8, 4) is 11.4 Å². The van der Waals surface area contributed by atoms with Gasteiger partial charge in [0.05, 0.1) is 31.0 Å². The zero-order chi connectivity index (χ0) is 42.4. The summed E-state index contributed by atoms with van der Waals surface area (Å²) in [7, 11) is 0. The maximum Gasteiger partial charge on any atom is 1.00 e. The molecule has 0 saturated carbocycles. The van der Waals surface area contributed by atoms with E-state index in [1.807, 2.05) is 55.5 Å². The van der Waals surface area contributed by atoms with Crippen LogP contribution in [0.2, 0.25) is 0 Å². The van der Waals surface area contributed by atoms with Crippen LogP contribution < -0.4 is 54.4 Å². The first kappa shape index (κ1) is 48.4. The van der Waals surface area contributed by atoms with Crippen LogP contribution in [0.3, 0.4) is 0 Å². The average molecular weight is 887 g/mol. The van der Waals surface area contributed by atoms with Crippen molar-refractivity contribution in [1.82, 2.24) is 24.1 Å². The van der Waals surface area contributed by atoms with Crippen LogP contribution in [0.15, 0.2) is 90.5 Å². The number of halogens is 2. The van der Waals surface area contributed by atoms with E-state index >= 15 is 4.39 Å². The van der Waals surface area contributed by atoms with Gasteiger partial charge in [0, 0.05) is 67.1 Å². The number of nitrogens with zero attached hydrogens (tertiary/aromatic N) is 8. The third-order valence-electron chi connectivity index (χ3n) is 11.0. The van der Waals surface area contributed by atoms with Gasteiger partial charge in [0.2, 0.25) is 12.6 Å². The van der Waals surface area contributed by atoms with Crippen LogP contribution in [0.25, 0.3) is 5.69 Å². The Morgan fingerprint density at radius 1 is 1.02 bits per heavy atom. The topological polar surface area (TPSA) is 180 Å². The molecule has 2 N–H and O–H groups in total. The number of thioether (sulfide) groups is 1. The number of carbonyl (C=O) groups excluding carboxylic acids is 2. The minimum absolute atomic E-state index is 0. The average Bonchev–Trinajstić information content (AvgIpc) is 3.99. The van der Waals surface area contributed by atoms with Crippen molar-refractivity contribution < 1.29 is 77.3 Å². The first-order valence-electron chi connectivity index (χ1n) is 19.9. The molecular weight excluding hydrogens is 838 g/mol. The van der Waals surface area contributed by atoms with E-state index < -0.39 is 34.9 Å². The zero-order valence-corrected chi connectivity index (χ0v) is 37.9. The number of anilines is 2. The molecule has 2 aliphatic heterocycles. The maximum atomic E-state index is 15.3. The van der Waals surface area contributed by atoms with Crippen LogP contribution in [0.4, 0.5) is 25.0 Å². The van der Waals surface area contributed by atoms with Gasteiger partial charge in [-0.15, -0.1) is 4.68 Å². The number of piperazine rings is 1. The van der Waals surface area contributed by atoms with Crippen molar-refractivity contribution in [3.63, 3.8) is 0 Å². The number of carbonyl (C=O) groups is 1. The molecule has 5 atom stereocenters. The van der Waals surface area contributed by atoms with Gasteiger partial charge in [0.25, 0.3) is 6.33 Å². The number of hydrogen-bond donors (Lipinski definition) is 1. The molecule has 2 saturated heterocycles. The van der Waals surface area contributed by atoms with Gasteiger partial charge in [0.1, 0.15) is 35.9 Å². The summed E-state index contributed by atoms with van der Waals surface area (Å²) >= 11 is 0.697. The van der Waals surface area contributed by atoms with Crippen molar-refractivity contribution in [2.75, 3.05) is 54.9 Å². The van der Waals surface area contributed by atoms with E-state index in [1.165, 1.54) is 34.0 Å².